The number of aromatic amines is 1. The van der Waals surface area contributed by atoms with E-state index in [4.69, 9.17) is 10.5 Å². The van der Waals surface area contributed by atoms with E-state index in [0.29, 0.717) is 19.4 Å². The Hall–Kier alpha value is -1.40. The van der Waals surface area contributed by atoms with Gasteiger partial charge in [0.2, 0.25) is 0 Å². The molecule has 0 amide bonds. The van der Waals surface area contributed by atoms with Crippen molar-refractivity contribution in [1.29, 1.82) is 0 Å². The molecule has 0 bridgehead atoms. The largest absolute Gasteiger partial charge is 0.489 e. The molecule has 0 radical (unpaired) electrons. The van der Waals surface area contributed by atoms with Crippen molar-refractivity contribution in [3.8, 4) is 0 Å². The van der Waals surface area contributed by atoms with Crippen LogP contribution in [-0.4, -0.2) is 82.4 Å². The number of hydrogen-bond donors (Lipinski definition) is 8. The van der Waals surface area contributed by atoms with Gasteiger partial charge in [0, 0.05) is 6.54 Å². The first-order chi connectivity index (χ1) is 17.8. The van der Waals surface area contributed by atoms with Gasteiger partial charge in [-0.05, 0) is 19.4 Å². The van der Waals surface area contributed by atoms with Gasteiger partial charge < -0.3 is 40.3 Å². The van der Waals surface area contributed by atoms with E-state index in [-0.39, 0.29) is 17.7 Å². The molecule has 1 aliphatic heterocycles. The fourth-order valence-electron chi connectivity index (χ4n) is 3.49. The van der Waals surface area contributed by atoms with Crippen LogP contribution in [0.1, 0.15) is 31.9 Å². The van der Waals surface area contributed by atoms with Crippen LogP contribution in [0, 0.1) is 0 Å². The predicted molar refractivity (Wildman–Crippen MR) is 127 cm³/mol. The minimum Gasteiger partial charge on any atom is -0.387 e. The van der Waals surface area contributed by atoms with Crippen LogP contribution in [0.15, 0.2) is 17.4 Å². The Balaban J connectivity index is 1.54. The van der Waals surface area contributed by atoms with Crippen molar-refractivity contribution in [2.45, 2.75) is 50.2 Å². The molecule has 0 aromatic carbocycles. The molecule has 3 heterocycles. The number of ether oxygens (including phenoxy) is 1. The predicted octanol–water partition coefficient (Wildman–Crippen LogP) is -0.801. The number of aromatic nitrogens is 4. The molecule has 38 heavy (non-hydrogen) atoms. The maximum Gasteiger partial charge on any atom is 0.489 e. The number of nitrogens with two attached hydrogens (primary N) is 1. The van der Waals surface area contributed by atoms with E-state index in [2.05, 4.69) is 28.1 Å². The number of nitrogens with one attached hydrogen (secondary N) is 2. The van der Waals surface area contributed by atoms with E-state index in [9.17, 15) is 43.4 Å². The van der Waals surface area contributed by atoms with Gasteiger partial charge in [0.05, 0.1) is 19.3 Å². The molecule has 1 saturated heterocycles. The number of nitrogens with zero attached hydrogens (tertiary/aromatic N) is 3. The van der Waals surface area contributed by atoms with E-state index in [0.717, 1.165) is 30.1 Å². The molecule has 216 valence electrons. The molecule has 0 aliphatic carbocycles. The number of unbranched alkanes of at least 4 members (excludes halogenated alkanes) is 3. The summed E-state index contributed by atoms with van der Waals surface area (Å²) in [7, 11) is -15.9. The Morgan fingerprint density at radius 3 is 2.47 bits per heavy atom. The summed E-state index contributed by atoms with van der Waals surface area (Å²) in [4.78, 5) is 51.1. The van der Waals surface area contributed by atoms with Crippen molar-refractivity contribution in [3.05, 3.63) is 23.0 Å². The topological polar surface area (TPSA) is 291 Å². The van der Waals surface area contributed by atoms with Crippen LogP contribution >= 0.6 is 23.4 Å². The molecular formula is C16H29N6O13P3. The Morgan fingerprint density at radius 2 is 1.76 bits per heavy atom. The number of aliphatic hydroxyl groups excluding tert-OH is 2. The highest BCUT2D eigenvalue weighted by Crippen LogP contribution is 2.66. The monoisotopic (exact) mass is 606 g/mol. The lowest BCUT2D eigenvalue weighted by molar-refractivity contribution is -0.0503. The number of H-pyrrole nitrogens is 1. The Labute approximate surface area is 214 Å². The summed E-state index contributed by atoms with van der Waals surface area (Å²) in [5.41, 5.74) is 4.72. The lowest BCUT2D eigenvalue weighted by Gasteiger charge is -2.20. The number of phosphoric acid groups is 2. The number of phosphoric ester groups is 1. The number of rotatable bonds is 15. The van der Waals surface area contributed by atoms with Gasteiger partial charge in [0.15, 0.2) is 17.4 Å². The highest BCUT2D eigenvalue weighted by atomic mass is 31.3. The summed E-state index contributed by atoms with van der Waals surface area (Å²) >= 11 is 0. The number of aliphatic hydroxyl groups is 2. The minimum atomic E-state index is -5.61. The molecule has 2 aromatic rings. The van der Waals surface area contributed by atoms with Gasteiger partial charge in [-0.2, -0.15) is 8.62 Å². The van der Waals surface area contributed by atoms with E-state index in [1.807, 2.05) is 5.09 Å². The van der Waals surface area contributed by atoms with Crippen LogP contribution < -0.4 is 16.4 Å². The summed E-state index contributed by atoms with van der Waals surface area (Å²) in [6, 6.07) is 0. The van der Waals surface area contributed by atoms with Crippen LogP contribution in [0.5, 0.6) is 0 Å². The molecule has 9 N–H and O–H groups in total. The summed E-state index contributed by atoms with van der Waals surface area (Å²) in [5.74, 6) is 0. The normalized spacial score (nSPS) is 26.7. The number of hydrogen-bond acceptors (Lipinski definition) is 13. The Kier molecular flexibility index (Phi) is 10.5. The average Bonchev–Trinajstić information content (AvgIpc) is 3.35. The highest BCUT2D eigenvalue weighted by molar-refractivity contribution is 7.67. The van der Waals surface area contributed by atoms with Crippen LogP contribution in [0.25, 0.3) is 11.2 Å². The second kappa shape index (κ2) is 12.8. The van der Waals surface area contributed by atoms with E-state index < -0.39 is 60.1 Å². The fourth-order valence-corrected chi connectivity index (χ4v) is 7.24. The van der Waals surface area contributed by atoms with Crippen molar-refractivity contribution in [1.82, 2.24) is 24.6 Å². The van der Waals surface area contributed by atoms with E-state index in [1.165, 1.54) is 0 Å². The zero-order valence-electron chi connectivity index (χ0n) is 19.7. The van der Waals surface area contributed by atoms with Gasteiger partial charge in [-0.15, -0.1) is 0 Å². The van der Waals surface area contributed by atoms with Crippen molar-refractivity contribution in [2.24, 2.45) is 5.73 Å². The smallest absolute Gasteiger partial charge is 0.387 e. The third kappa shape index (κ3) is 8.30. The number of imidazole rings is 1. The first-order valence-corrected chi connectivity index (χ1v) is 15.7. The maximum absolute atomic E-state index is 12.2. The molecular weight excluding hydrogens is 577 g/mol. The van der Waals surface area contributed by atoms with Crippen LogP contribution in [0.3, 0.4) is 0 Å². The fraction of sp³-hybridized carbons (Fsp3) is 0.688. The summed E-state index contributed by atoms with van der Waals surface area (Å²) in [6.07, 6.45) is -1.31. The van der Waals surface area contributed by atoms with E-state index >= 15 is 0 Å². The zero-order valence-corrected chi connectivity index (χ0v) is 22.4. The minimum absolute atomic E-state index is 0.0127. The summed E-state index contributed by atoms with van der Waals surface area (Å²) < 4.78 is 55.5. The molecule has 7 atom stereocenters. The first kappa shape index (κ1) is 31.1. The Bertz CT molecular complexity index is 1290. The van der Waals surface area contributed by atoms with Crippen LogP contribution in [0.2, 0.25) is 0 Å². The van der Waals surface area contributed by atoms with Crippen molar-refractivity contribution in [2.75, 3.05) is 19.7 Å². The van der Waals surface area contributed by atoms with Gasteiger partial charge in [0.25, 0.3) is 5.56 Å². The lowest BCUT2D eigenvalue weighted by atomic mass is 10.1. The zero-order chi connectivity index (χ0) is 28.1. The second-order valence-electron chi connectivity index (χ2n) is 8.13. The second-order valence-corrected chi connectivity index (χ2v) is 12.9. The van der Waals surface area contributed by atoms with Gasteiger partial charge in [-0.1, -0.05) is 12.8 Å². The Morgan fingerprint density at radius 1 is 1.05 bits per heavy atom. The summed E-state index contributed by atoms with van der Waals surface area (Å²) in [6.45, 7) is -0.513. The molecule has 1 aliphatic rings. The molecule has 2 aromatic heterocycles. The van der Waals surface area contributed by atoms with Gasteiger partial charge in [0.1, 0.15) is 18.3 Å². The molecule has 0 saturated carbocycles. The van der Waals surface area contributed by atoms with Gasteiger partial charge >= 0.3 is 23.4 Å². The molecule has 0 spiro atoms. The van der Waals surface area contributed by atoms with Gasteiger partial charge in [-0.3, -0.25) is 13.9 Å². The average molecular weight is 606 g/mol. The van der Waals surface area contributed by atoms with Crippen molar-refractivity contribution in [3.63, 3.8) is 0 Å². The van der Waals surface area contributed by atoms with Crippen molar-refractivity contribution >= 4 is 34.6 Å². The SMILES string of the molecule is NCCCCCCNP(=O)(O)OP(=O)(O)OP(=O)(O)OC[C@H]1O[C@@H](n2cnc3c(=O)[nH]cnc32)[C@H](O)[C@@H]1O. The molecule has 19 nitrogen and oxygen atoms in total. The van der Waals surface area contributed by atoms with Crippen molar-refractivity contribution < 1.29 is 56.5 Å². The molecule has 3 unspecified atom stereocenters. The lowest BCUT2D eigenvalue weighted by Crippen LogP contribution is -2.33. The maximum atomic E-state index is 12.2. The van der Waals surface area contributed by atoms with Gasteiger partial charge in [-0.25, -0.2) is 28.8 Å². The van der Waals surface area contributed by atoms with E-state index in [1.54, 1.807) is 0 Å². The van der Waals surface area contributed by atoms with Crippen LogP contribution in [-0.2, 0) is 31.6 Å². The molecule has 1 fully saturated rings. The third-order valence-electron chi connectivity index (χ3n) is 5.24. The van der Waals surface area contributed by atoms with Crippen LogP contribution in [0.4, 0.5) is 0 Å². The summed E-state index contributed by atoms with van der Waals surface area (Å²) in [5, 5.41) is 22.7. The molecule has 22 heteroatoms. The molecule has 3 rings (SSSR count). The standard InChI is InChI=1S/C16H29N6O13P3/c17-5-3-1-2-4-6-21-36(26,27)34-38(30,31)35-37(28,29)32-7-10-12(23)13(24)16(33-10)22-9-20-11-14(22)18-8-19-15(11)25/h8-10,12-13,16,23-24H,1-7,17H2,(H,28,29)(H,30,31)(H,18,19,25)(H2,21,26,27)/t10-,12-,13-,16-/m1/s1. The first-order valence-electron chi connectivity index (χ1n) is 11.2. The number of fused-ring (bicyclic) bond motifs is 1. The quantitative estimate of drug-likeness (QED) is 0.0909. The highest BCUT2D eigenvalue weighted by Gasteiger charge is 2.47. The third-order valence-corrected chi connectivity index (χ3v) is 9.70.